The van der Waals surface area contributed by atoms with Crippen LogP contribution in [-0.4, -0.2) is 37.4 Å². The Kier molecular flexibility index (Phi) is 5.74. The molecular weight excluding hydrogens is 290 g/mol. The molecule has 0 heterocycles. The lowest BCUT2D eigenvalue weighted by molar-refractivity contribution is -0.118. The summed E-state index contributed by atoms with van der Waals surface area (Å²) in [6, 6.07) is 17.0. The van der Waals surface area contributed by atoms with Gasteiger partial charge in [-0.2, -0.15) is 0 Å². The van der Waals surface area contributed by atoms with E-state index in [1.807, 2.05) is 36.4 Å². The molecule has 0 saturated carbocycles. The molecule has 0 radical (unpaired) electrons. The summed E-state index contributed by atoms with van der Waals surface area (Å²) in [6.45, 7) is 0.726. The van der Waals surface area contributed by atoms with Gasteiger partial charge < -0.3 is 15.5 Å². The smallest absolute Gasteiger partial charge is 0.253 e. The van der Waals surface area contributed by atoms with Gasteiger partial charge in [0.15, 0.2) is 0 Å². The van der Waals surface area contributed by atoms with E-state index in [0.717, 1.165) is 11.3 Å². The Labute approximate surface area is 136 Å². The van der Waals surface area contributed by atoms with Gasteiger partial charge in [-0.05, 0) is 23.8 Å². The van der Waals surface area contributed by atoms with Crippen molar-refractivity contribution in [3.63, 3.8) is 0 Å². The summed E-state index contributed by atoms with van der Waals surface area (Å²) in [5, 5.41) is 5.54. The molecule has 0 fully saturated rings. The first kappa shape index (κ1) is 16.5. The summed E-state index contributed by atoms with van der Waals surface area (Å²) < 4.78 is 0. The molecule has 0 aromatic heterocycles. The Hall–Kier alpha value is -2.82. The number of amides is 2. The van der Waals surface area contributed by atoms with E-state index in [-0.39, 0.29) is 18.4 Å². The average molecular weight is 311 g/mol. The van der Waals surface area contributed by atoms with Gasteiger partial charge in [-0.1, -0.05) is 36.4 Å². The van der Waals surface area contributed by atoms with E-state index in [4.69, 9.17) is 0 Å². The summed E-state index contributed by atoms with van der Waals surface area (Å²) in [7, 11) is 3.36. The molecule has 0 aliphatic heterocycles. The van der Waals surface area contributed by atoms with Crippen LogP contribution in [0.25, 0.3) is 0 Å². The minimum atomic E-state index is -0.108. The van der Waals surface area contributed by atoms with E-state index < -0.39 is 0 Å². The Morgan fingerprint density at radius 3 is 2.48 bits per heavy atom. The summed E-state index contributed by atoms with van der Waals surface area (Å²) in [5.41, 5.74) is 2.41. The van der Waals surface area contributed by atoms with E-state index in [0.29, 0.717) is 12.1 Å². The lowest BCUT2D eigenvalue weighted by Gasteiger charge is -2.18. The van der Waals surface area contributed by atoms with Crippen LogP contribution in [0.15, 0.2) is 54.6 Å². The molecule has 0 unspecified atom stereocenters. The lowest BCUT2D eigenvalue weighted by Crippen LogP contribution is -2.27. The summed E-state index contributed by atoms with van der Waals surface area (Å²) in [5.74, 6) is -0.166. The number of hydrogen-bond acceptors (Lipinski definition) is 3. The van der Waals surface area contributed by atoms with Gasteiger partial charge in [-0.15, -0.1) is 0 Å². The predicted octanol–water partition coefficient (Wildman–Crippen LogP) is 2.12. The van der Waals surface area contributed by atoms with E-state index >= 15 is 0 Å². The lowest BCUT2D eigenvalue weighted by atomic mass is 10.1. The Balaban J connectivity index is 2.02. The highest BCUT2D eigenvalue weighted by atomic mass is 16.2. The average Bonchev–Trinajstić information content (AvgIpc) is 2.60. The van der Waals surface area contributed by atoms with Gasteiger partial charge in [-0.25, -0.2) is 0 Å². The van der Waals surface area contributed by atoms with Crippen LogP contribution in [0.2, 0.25) is 0 Å². The van der Waals surface area contributed by atoms with Gasteiger partial charge in [0, 0.05) is 31.9 Å². The highest BCUT2D eigenvalue weighted by molar-refractivity contribution is 5.95. The van der Waals surface area contributed by atoms with Crippen molar-refractivity contribution in [2.45, 2.75) is 6.54 Å². The van der Waals surface area contributed by atoms with Gasteiger partial charge in [0.1, 0.15) is 0 Å². The normalized spacial score (nSPS) is 10.0. The van der Waals surface area contributed by atoms with E-state index in [1.54, 1.807) is 37.2 Å². The maximum absolute atomic E-state index is 12.5. The fraction of sp³-hybridized carbons (Fsp3) is 0.222. The number of anilines is 1. The van der Waals surface area contributed by atoms with Gasteiger partial charge in [0.05, 0.1) is 6.54 Å². The molecule has 2 N–H and O–H groups in total. The first-order valence-corrected chi connectivity index (χ1v) is 7.44. The van der Waals surface area contributed by atoms with Crippen molar-refractivity contribution in [2.24, 2.45) is 0 Å². The number of benzene rings is 2. The molecule has 2 aromatic rings. The standard InChI is InChI=1S/C18H21N3O2/c1-19-17(22)12-20-16-10-6-9-15(11-16)18(23)21(2)13-14-7-4-3-5-8-14/h3-11,20H,12-13H2,1-2H3,(H,19,22). The van der Waals surface area contributed by atoms with Crippen molar-refractivity contribution in [1.82, 2.24) is 10.2 Å². The summed E-state index contributed by atoms with van der Waals surface area (Å²) in [6.07, 6.45) is 0. The van der Waals surface area contributed by atoms with Crippen LogP contribution >= 0.6 is 0 Å². The third-order valence-corrected chi connectivity index (χ3v) is 3.45. The maximum atomic E-state index is 12.5. The minimum absolute atomic E-state index is 0.0579. The van der Waals surface area contributed by atoms with Crippen LogP contribution in [-0.2, 0) is 11.3 Å². The molecule has 0 bridgehead atoms. The van der Waals surface area contributed by atoms with Crippen LogP contribution in [0.1, 0.15) is 15.9 Å². The van der Waals surface area contributed by atoms with Crippen molar-refractivity contribution in [3.05, 3.63) is 65.7 Å². The van der Waals surface area contributed by atoms with Crippen molar-refractivity contribution >= 4 is 17.5 Å². The maximum Gasteiger partial charge on any atom is 0.253 e. The van der Waals surface area contributed by atoms with Crippen LogP contribution in [0.5, 0.6) is 0 Å². The van der Waals surface area contributed by atoms with Crippen molar-refractivity contribution in [1.29, 1.82) is 0 Å². The molecule has 23 heavy (non-hydrogen) atoms. The molecule has 2 amide bonds. The second kappa shape index (κ2) is 7.98. The number of nitrogens with one attached hydrogen (secondary N) is 2. The number of carbonyl (C=O) groups is 2. The number of rotatable bonds is 6. The molecule has 120 valence electrons. The number of nitrogens with zero attached hydrogens (tertiary/aromatic N) is 1. The quantitative estimate of drug-likeness (QED) is 0.859. The third kappa shape index (κ3) is 4.85. The molecule has 0 atom stereocenters. The molecule has 0 saturated heterocycles. The molecule has 2 rings (SSSR count). The first-order valence-electron chi connectivity index (χ1n) is 7.44. The Morgan fingerprint density at radius 2 is 1.78 bits per heavy atom. The predicted molar refractivity (Wildman–Crippen MR) is 91.2 cm³/mol. The van der Waals surface area contributed by atoms with Gasteiger partial charge >= 0.3 is 0 Å². The van der Waals surface area contributed by atoms with Gasteiger partial charge in [-0.3, -0.25) is 9.59 Å². The molecule has 0 spiro atoms. The molecular formula is C18H21N3O2. The van der Waals surface area contributed by atoms with E-state index in [1.165, 1.54) is 0 Å². The van der Waals surface area contributed by atoms with Crippen molar-refractivity contribution < 1.29 is 9.59 Å². The largest absolute Gasteiger partial charge is 0.376 e. The Bertz CT molecular complexity index is 671. The van der Waals surface area contributed by atoms with Gasteiger partial charge in [0.2, 0.25) is 5.91 Å². The number of carbonyl (C=O) groups excluding carboxylic acids is 2. The highest BCUT2D eigenvalue weighted by Gasteiger charge is 2.12. The zero-order valence-electron chi connectivity index (χ0n) is 13.4. The highest BCUT2D eigenvalue weighted by Crippen LogP contribution is 2.13. The number of hydrogen-bond donors (Lipinski definition) is 2. The molecule has 5 heteroatoms. The fourth-order valence-electron chi connectivity index (χ4n) is 2.18. The Morgan fingerprint density at radius 1 is 1.04 bits per heavy atom. The van der Waals surface area contributed by atoms with Crippen LogP contribution < -0.4 is 10.6 Å². The molecule has 0 aliphatic rings. The third-order valence-electron chi connectivity index (χ3n) is 3.45. The van der Waals surface area contributed by atoms with E-state index in [2.05, 4.69) is 10.6 Å². The fourth-order valence-corrected chi connectivity index (χ4v) is 2.18. The van der Waals surface area contributed by atoms with Crippen molar-refractivity contribution in [3.8, 4) is 0 Å². The summed E-state index contributed by atoms with van der Waals surface area (Å²) >= 11 is 0. The summed E-state index contributed by atoms with van der Waals surface area (Å²) in [4.78, 5) is 25.5. The second-order valence-electron chi connectivity index (χ2n) is 5.25. The van der Waals surface area contributed by atoms with Crippen LogP contribution in [0.3, 0.4) is 0 Å². The van der Waals surface area contributed by atoms with E-state index in [9.17, 15) is 9.59 Å². The minimum Gasteiger partial charge on any atom is -0.376 e. The second-order valence-corrected chi connectivity index (χ2v) is 5.25. The zero-order chi connectivity index (χ0) is 16.7. The topological polar surface area (TPSA) is 61.4 Å². The molecule has 2 aromatic carbocycles. The molecule has 0 aliphatic carbocycles. The van der Waals surface area contributed by atoms with Crippen molar-refractivity contribution in [2.75, 3.05) is 26.0 Å². The SMILES string of the molecule is CNC(=O)CNc1cccc(C(=O)N(C)Cc2ccccc2)c1. The monoisotopic (exact) mass is 311 g/mol. The zero-order valence-corrected chi connectivity index (χ0v) is 13.4. The van der Waals surface area contributed by atoms with Crippen LogP contribution in [0.4, 0.5) is 5.69 Å². The first-order chi connectivity index (χ1) is 11.1. The molecule has 5 nitrogen and oxygen atoms in total. The number of likely N-dealkylation sites (N-methyl/N-ethyl adjacent to an activating group) is 1. The van der Waals surface area contributed by atoms with Gasteiger partial charge in [0.25, 0.3) is 5.91 Å². The van der Waals surface area contributed by atoms with Crippen LogP contribution in [0, 0.1) is 0 Å².